The minimum Gasteiger partial charge on any atom is -0.497 e. The summed E-state index contributed by atoms with van der Waals surface area (Å²) in [6, 6.07) is 14.3. The van der Waals surface area contributed by atoms with Crippen LogP contribution in [0.5, 0.6) is 11.5 Å². The minimum absolute atomic E-state index is 0.856. The first kappa shape index (κ1) is 12.5. The monoisotopic (exact) mass is 242 g/mol. The lowest BCUT2D eigenvalue weighted by Crippen LogP contribution is -1.91. The molecule has 18 heavy (non-hydrogen) atoms. The molecule has 0 saturated heterocycles. The molecule has 0 fully saturated rings. The maximum absolute atomic E-state index is 5.47. The SMILES string of the molecule is CCc1ccc(-c2cccc(OC)c2)c(OC)c1. The third kappa shape index (κ3) is 2.48. The zero-order valence-corrected chi connectivity index (χ0v) is 11.1. The number of rotatable bonds is 4. The van der Waals surface area contributed by atoms with E-state index in [4.69, 9.17) is 9.47 Å². The van der Waals surface area contributed by atoms with E-state index >= 15 is 0 Å². The van der Waals surface area contributed by atoms with Crippen LogP contribution in [0.1, 0.15) is 12.5 Å². The van der Waals surface area contributed by atoms with Gasteiger partial charge in [-0.2, -0.15) is 0 Å². The molecule has 0 N–H and O–H groups in total. The van der Waals surface area contributed by atoms with Crippen LogP contribution < -0.4 is 9.47 Å². The highest BCUT2D eigenvalue weighted by Crippen LogP contribution is 2.32. The number of hydrogen-bond acceptors (Lipinski definition) is 2. The topological polar surface area (TPSA) is 18.5 Å². The van der Waals surface area contributed by atoms with Gasteiger partial charge in [-0.15, -0.1) is 0 Å². The van der Waals surface area contributed by atoms with E-state index < -0.39 is 0 Å². The summed E-state index contributed by atoms with van der Waals surface area (Å²) in [5.41, 5.74) is 3.47. The highest BCUT2D eigenvalue weighted by atomic mass is 16.5. The number of benzene rings is 2. The van der Waals surface area contributed by atoms with Crippen molar-refractivity contribution in [3.63, 3.8) is 0 Å². The second-order valence-corrected chi connectivity index (χ2v) is 4.12. The van der Waals surface area contributed by atoms with Gasteiger partial charge in [-0.1, -0.05) is 31.2 Å². The molecule has 0 heterocycles. The van der Waals surface area contributed by atoms with Crippen LogP contribution in [0.3, 0.4) is 0 Å². The van der Waals surface area contributed by atoms with Gasteiger partial charge in [-0.3, -0.25) is 0 Å². The Morgan fingerprint density at radius 2 is 1.78 bits per heavy atom. The minimum atomic E-state index is 0.856. The van der Waals surface area contributed by atoms with E-state index in [9.17, 15) is 0 Å². The smallest absolute Gasteiger partial charge is 0.126 e. The first-order valence-electron chi connectivity index (χ1n) is 6.09. The Morgan fingerprint density at radius 1 is 0.944 bits per heavy atom. The van der Waals surface area contributed by atoms with Gasteiger partial charge in [0.1, 0.15) is 11.5 Å². The first-order valence-corrected chi connectivity index (χ1v) is 6.09. The standard InChI is InChI=1S/C16H18O2/c1-4-12-8-9-15(16(10-12)18-3)13-6-5-7-14(11-13)17-2/h5-11H,4H2,1-3H3. The summed E-state index contributed by atoms with van der Waals surface area (Å²) in [6.07, 6.45) is 1.01. The van der Waals surface area contributed by atoms with Crippen molar-refractivity contribution in [1.82, 2.24) is 0 Å². The largest absolute Gasteiger partial charge is 0.497 e. The van der Waals surface area contributed by atoms with Crippen molar-refractivity contribution in [3.05, 3.63) is 48.0 Å². The predicted molar refractivity (Wildman–Crippen MR) is 74.4 cm³/mol. The van der Waals surface area contributed by atoms with E-state index in [1.54, 1.807) is 14.2 Å². The van der Waals surface area contributed by atoms with Gasteiger partial charge in [-0.05, 0) is 35.7 Å². The maximum Gasteiger partial charge on any atom is 0.126 e. The summed E-state index contributed by atoms with van der Waals surface area (Å²) in [5.74, 6) is 1.76. The van der Waals surface area contributed by atoms with Crippen LogP contribution in [0.15, 0.2) is 42.5 Å². The van der Waals surface area contributed by atoms with Crippen LogP contribution in [0, 0.1) is 0 Å². The van der Waals surface area contributed by atoms with E-state index in [0.717, 1.165) is 29.0 Å². The molecule has 94 valence electrons. The van der Waals surface area contributed by atoms with Gasteiger partial charge in [0.25, 0.3) is 0 Å². The van der Waals surface area contributed by atoms with E-state index in [1.165, 1.54) is 5.56 Å². The van der Waals surface area contributed by atoms with Gasteiger partial charge in [0.2, 0.25) is 0 Å². The van der Waals surface area contributed by atoms with Crippen molar-refractivity contribution < 1.29 is 9.47 Å². The van der Waals surface area contributed by atoms with Gasteiger partial charge in [0, 0.05) is 5.56 Å². The molecule has 0 aliphatic heterocycles. The van der Waals surface area contributed by atoms with Gasteiger partial charge < -0.3 is 9.47 Å². The van der Waals surface area contributed by atoms with E-state index in [2.05, 4.69) is 31.2 Å². The molecule has 0 atom stereocenters. The molecule has 0 aliphatic carbocycles. The van der Waals surface area contributed by atoms with Gasteiger partial charge >= 0.3 is 0 Å². The first-order chi connectivity index (χ1) is 8.78. The van der Waals surface area contributed by atoms with Crippen LogP contribution in [0.4, 0.5) is 0 Å². The van der Waals surface area contributed by atoms with Crippen molar-refractivity contribution in [2.24, 2.45) is 0 Å². The van der Waals surface area contributed by atoms with Crippen LogP contribution in [0.2, 0.25) is 0 Å². The predicted octanol–water partition coefficient (Wildman–Crippen LogP) is 3.93. The molecule has 0 amide bonds. The molecule has 0 radical (unpaired) electrons. The average Bonchev–Trinajstić information content (AvgIpc) is 2.46. The van der Waals surface area contributed by atoms with Crippen LogP contribution in [0.25, 0.3) is 11.1 Å². The van der Waals surface area contributed by atoms with E-state index in [0.29, 0.717) is 0 Å². The lowest BCUT2D eigenvalue weighted by Gasteiger charge is -2.11. The quantitative estimate of drug-likeness (QED) is 0.808. The van der Waals surface area contributed by atoms with Crippen molar-refractivity contribution in [3.8, 4) is 22.6 Å². The molecule has 2 aromatic rings. The van der Waals surface area contributed by atoms with Gasteiger partial charge in [0.05, 0.1) is 14.2 Å². The van der Waals surface area contributed by atoms with Gasteiger partial charge in [0.15, 0.2) is 0 Å². The molecule has 0 aromatic heterocycles. The molecule has 0 spiro atoms. The fraction of sp³-hybridized carbons (Fsp3) is 0.250. The summed E-state index contributed by atoms with van der Waals surface area (Å²) in [6.45, 7) is 2.14. The summed E-state index contributed by atoms with van der Waals surface area (Å²) in [4.78, 5) is 0. The molecular weight excluding hydrogens is 224 g/mol. The van der Waals surface area contributed by atoms with Crippen LogP contribution in [-0.4, -0.2) is 14.2 Å². The number of aryl methyl sites for hydroxylation is 1. The zero-order chi connectivity index (χ0) is 13.0. The summed E-state index contributed by atoms with van der Waals surface area (Å²) in [5, 5.41) is 0. The van der Waals surface area contributed by atoms with Crippen molar-refractivity contribution in [2.45, 2.75) is 13.3 Å². The fourth-order valence-electron chi connectivity index (χ4n) is 1.98. The Kier molecular flexibility index (Phi) is 3.88. The van der Waals surface area contributed by atoms with Crippen LogP contribution >= 0.6 is 0 Å². The van der Waals surface area contributed by atoms with E-state index in [-0.39, 0.29) is 0 Å². The molecule has 0 unspecified atom stereocenters. The summed E-state index contributed by atoms with van der Waals surface area (Å²) < 4.78 is 10.7. The molecule has 2 nitrogen and oxygen atoms in total. The molecule has 2 aromatic carbocycles. The van der Waals surface area contributed by atoms with Crippen molar-refractivity contribution >= 4 is 0 Å². The second-order valence-electron chi connectivity index (χ2n) is 4.12. The number of hydrogen-bond donors (Lipinski definition) is 0. The molecule has 2 heteroatoms. The molecular formula is C16H18O2. The zero-order valence-electron chi connectivity index (χ0n) is 11.1. The summed E-state index contributed by atoms with van der Waals surface area (Å²) >= 11 is 0. The molecule has 0 aliphatic rings. The Hall–Kier alpha value is -1.96. The fourth-order valence-corrected chi connectivity index (χ4v) is 1.98. The average molecular weight is 242 g/mol. The van der Waals surface area contributed by atoms with Crippen molar-refractivity contribution in [2.75, 3.05) is 14.2 Å². The number of ether oxygens (including phenoxy) is 2. The van der Waals surface area contributed by atoms with Gasteiger partial charge in [-0.25, -0.2) is 0 Å². The summed E-state index contributed by atoms with van der Waals surface area (Å²) in [7, 11) is 3.38. The Balaban J connectivity index is 2.48. The Bertz CT molecular complexity index is 532. The lowest BCUT2D eigenvalue weighted by molar-refractivity contribution is 0.413. The molecule has 0 saturated carbocycles. The lowest BCUT2D eigenvalue weighted by atomic mass is 10.0. The highest BCUT2D eigenvalue weighted by Gasteiger charge is 2.07. The molecule has 0 bridgehead atoms. The van der Waals surface area contributed by atoms with Crippen molar-refractivity contribution in [1.29, 1.82) is 0 Å². The Morgan fingerprint density at radius 3 is 2.44 bits per heavy atom. The third-order valence-corrected chi connectivity index (χ3v) is 3.05. The van der Waals surface area contributed by atoms with E-state index in [1.807, 2.05) is 18.2 Å². The number of methoxy groups -OCH3 is 2. The maximum atomic E-state index is 5.47. The normalized spacial score (nSPS) is 10.2. The van der Waals surface area contributed by atoms with Crippen LogP contribution in [-0.2, 0) is 6.42 Å². The Labute approximate surface area is 108 Å². The second kappa shape index (κ2) is 5.58. The third-order valence-electron chi connectivity index (χ3n) is 3.05. The molecule has 2 rings (SSSR count). The highest BCUT2D eigenvalue weighted by molar-refractivity contribution is 5.72.